The fourth-order valence-electron chi connectivity index (χ4n) is 2.32. The molecule has 2 aromatic rings. The fraction of sp³-hybridized carbons (Fsp3) is 0.176. The third-order valence-electron chi connectivity index (χ3n) is 3.42. The zero-order chi connectivity index (χ0) is 15.5. The molecule has 1 heterocycles. The van der Waals surface area contributed by atoms with Crippen molar-refractivity contribution >= 4 is 34.3 Å². The third kappa shape index (κ3) is 3.31. The maximum absolute atomic E-state index is 11.1. The van der Waals surface area contributed by atoms with Crippen LogP contribution in [0.1, 0.15) is 22.8 Å². The molecule has 1 aliphatic heterocycles. The molecule has 0 amide bonds. The standard InChI is InChI=1S/C17H16N2O2S/c1-11-6-8-12(9-7-11)18-17-19-14-5-3-2-4-13(14)15(22-17)10-16(20)21/h2-9,15H,10H2,1H3,(H,18,19)(H,20,21). The lowest BCUT2D eigenvalue weighted by molar-refractivity contribution is -0.137. The number of carboxylic acids is 1. The van der Waals surface area contributed by atoms with Crippen LogP contribution in [-0.4, -0.2) is 16.2 Å². The number of hydrogen-bond donors (Lipinski definition) is 2. The fourth-order valence-corrected chi connectivity index (χ4v) is 3.47. The number of carboxylic acid groups (broad SMARTS) is 1. The Hall–Kier alpha value is -2.27. The summed E-state index contributed by atoms with van der Waals surface area (Å²) >= 11 is 1.46. The Kier molecular flexibility index (Phi) is 4.15. The number of nitrogens with one attached hydrogen (secondary N) is 1. The van der Waals surface area contributed by atoms with Gasteiger partial charge < -0.3 is 10.4 Å². The average molecular weight is 312 g/mol. The predicted molar refractivity (Wildman–Crippen MR) is 90.9 cm³/mol. The first-order valence-corrected chi connectivity index (χ1v) is 7.89. The van der Waals surface area contributed by atoms with Gasteiger partial charge in [-0.15, -0.1) is 0 Å². The van der Waals surface area contributed by atoms with E-state index >= 15 is 0 Å². The predicted octanol–water partition coefficient (Wildman–Crippen LogP) is 4.36. The Morgan fingerprint density at radius 3 is 2.68 bits per heavy atom. The van der Waals surface area contributed by atoms with Gasteiger partial charge in [0.1, 0.15) is 0 Å². The molecular weight excluding hydrogens is 296 g/mol. The van der Waals surface area contributed by atoms with Crippen LogP contribution in [0.5, 0.6) is 0 Å². The Labute approximate surface area is 133 Å². The van der Waals surface area contributed by atoms with E-state index in [2.05, 4.69) is 10.3 Å². The van der Waals surface area contributed by atoms with Gasteiger partial charge in [0.25, 0.3) is 0 Å². The summed E-state index contributed by atoms with van der Waals surface area (Å²) in [5.41, 5.74) is 3.95. The van der Waals surface area contributed by atoms with Crippen molar-refractivity contribution in [3.05, 3.63) is 59.7 Å². The average Bonchev–Trinajstić information content (AvgIpc) is 2.49. The number of aliphatic carboxylic acids is 1. The molecule has 2 aromatic carbocycles. The smallest absolute Gasteiger partial charge is 0.304 e. The molecule has 1 atom stereocenters. The van der Waals surface area contributed by atoms with Crippen molar-refractivity contribution in [1.82, 2.24) is 0 Å². The van der Waals surface area contributed by atoms with Crippen LogP contribution in [0, 0.1) is 6.92 Å². The highest BCUT2D eigenvalue weighted by atomic mass is 32.2. The van der Waals surface area contributed by atoms with Crippen LogP contribution in [0.15, 0.2) is 53.5 Å². The molecule has 112 valence electrons. The number of amidine groups is 1. The molecule has 0 saturated carbocycles. The summed E-state index contributed by atoms with van der Waals surface area (Å²) in [7, 11) is 0. The summed E-state index contributed by atoms with van der Waals surface area (Å²) in [5, 5.41) is 13.0. The minimum atomic E-state index is -0.802. The molecule has 0 bridgehead atoms. The zero-order valence-corrected chi connectivity index (χ0v) is 12.9. The molecule has 1 unspecified atom stereocenters. The van der Waals surface area contributed by atoms with Gasteiger partial charge in [0, 0.05) is 10.9 Å². The number of fused-ring (bicyclic) bond motifs is 1. The first-order chi connectivity index (χ1) is 10.6. The largest absolute Gasteiger partial charge is 0.481 e. The maximum atomic E-state index is 11.1. The van der Waals surface area contributed by atoms with Gasteiger partial charge >= 0.3 is 5.97 Å². The van der Waals surface area contributed by atoms with Gasteiger partial charge in [-0.25, -0.2) is 4.99 Å². The van der Waals surface area contributed by atoms with Crippen LogP contribution < -0.4 is 5.32 Å². The summed E-state index contributed by atoms with van der Waals surface area (Å²) in [6, 6.07) is 15.7. The lowest BCUT2D eigenvalue weighted by atomic mass is 10.1. The lowest BCUT2D eigenvalue weighted by Gasteiger charge is -2.23. The van der Waals surface area contributed by atoms with E-state index in [1.54, 1.807) is 0 Å². The molecule has 3 rings (SSSR count). The zero-order valence-electron chi connectivity index (χ0n) is 12.1. The van der Waals surface area contributed by atoms with Gasteiger partial charge in [0.15, 0.2) is 5.17 Å². The van der Waals surface area contributed by atoms with Crippen LogP contribution in [0.4, 0.5) is 11.4 Å². The van der Waals surface area contributed by atoms with Crippen molar-refractivity contribution in [2.24, 2.45) is 4.99 Å². The number of hydrogen-bond acceptors (Lipinski definition) is 4. The molecule has 0 radical (unpaired) electrons. The molecule has 0 aliphatic carbocycles. The summed E-state index contributed by atoms with van der Waals surface area (Å²) in [6.45, 7) is 2.04. The first-order valence-electron chi connectivity index (χ1n) is 7.01. The van der Waals surface area contributed by atoms with E-state index in [9.17, 15) is 4.79 Å². The highest BCUT2D eigenvalue weighted by Crippen LogP contribution is 2.42. The molecule has 1 aliphatic rings. The number of thioether (sulfide) groups is 1. The SMILES string of the molecule is Cc1ccc(NC2=Nc3ccccc3C(CC(=O)O)S2)cc1. The monoisotopic (exact) mass is 312 g/mol. The lowest BCUT2D eigenvalue weighted by Crippen LogP contribution is -2.15. The van der Waals surface area contributed by atoms with Crippen molar-refractivity contribution in [3.8, 4) is 0 Å². The quantitative estimate of drug-likeness (QED) is 0.884. The van der Waals surface area contributed by atoms with Crippen molar-refractivity contribution in [3.63, 3.8) is 0 Å². The molecule has 0 saturated heterocycles. The highest BCUT2D eigenvalue weighted by molar-refractivity contribution is 8.14. The number of carbonyl (C=O) groups is 1. The number of aliphatic imine (C=N–C) groups is 1. The molecule has 2 N–H and O–H groups in total. The van der Waals surface area contributed by atoms with Crippen molar-refractivity contribution in [2.75, 3.05) is 5.32 Å². The summed E-state index contributed by atoms with van der Waals surface area (Å²) in [6.07, 6.45) is 0.0796. The van der Waals surface area contributed by atoms with Crippen LogP contribution >= 0.6 is 11.8 Å². The van der Waals surface area contributed by atoms with Crippen molar-refractivity contribution in [1.29, 1.82) is 0 Å². The van der Waals surface area contributed by atoms with Crippen molar-refractivity contribution in [2.45, 2.75) is 18.6 Å². The van der Waals surface area contributed by atoms with Gasteiger partial charge in [-0.05, 0) is 30.7 Å². The Morgan fingerprint density at radius 1 is 1.23 bits per heavy atom. The van der Waals surface area contributed by atoms with Crippen LogP contribution in [-0.2, 0) is 4.79 Å². The normalized spacial score (nSPS) is 16.6. The minimum Gasteiger partial charge on any atom is -0.481 e. The third-order valence-corrected chi connectivity index (χ3v) is 4.54. The Bertz CT molecular complexity index is 726. The second kappa shape index (κ2) is 6.23. The molecule has 22 heavy (non-hydrogen) atoms. The second-order valence-electron chi connectivity index (χ2n) is 5.17. The van der Waals surface area contributed by atoms with E-state index in [4.69, 9.17) is 5.11 Å². The minimum absolute atomic E-state index is 0.0796. The molecule has 0 aromatic heterocycles. The Balaban J connectivity index is 1.87. The summed E-state index contributed by atoms with van der Waals surface area (Å²) in [4.78, 5) is 15.7. The number of aryl methyl sites for hydroxylation is 1. The summed E-state index contributed by atoms with van der Waals surface area (Å²) in [5.74, 6) is -0.802. The van der Waals surface area contributed by atoms with Gasteiger partial charge in [-0.1, -0.05) is 47.7 Å². The van der Waals surface area contributed by atoms with Crippen LogP contribution in [0.25, 0.3) is 0 Å². The highest BCUT2D eigenvalue weighted by Gasteiger charge is 2.25. The van der Waals surface area contributed by atoms with Crippen LogP contribution in [0.3, 0.4) is 0 Å². The van der Waals surface area contributed by atoms with Crippen molar-refractivity contribution < 1.29 is 9.90 Å². The number of anilines is 1. The van der Waals surface area contributed by atoms with E-state index in [0.717, 1.165) is 22.1 Å². The molecule has 0 fully saturated rings. The van der Waals surface area contributed by atoms with Gasteiger partial charge in [0.2, 0.25) is 0 Å². The van der Waals surface area contributed by atoms with Crippen LogP contribution in [0.2, 0.25) is 0 Å². The number of nitrogens with zero attached hydrogens (tertiary/aromatic N) is 1. The van der Waals surface area contributed by atoms with E-state index in [1.165, 1.54) is 17.3 Å². The molecule has 0 spiro atoms. The van der Waals surface area contributed by atoms with E-state index in [0.29, 0.717) is 0 Å². The van der Waals surface area contributed by atoms with E-state index < -0.39 is 5.97 Å². The van der Waals surface area contributed by atoms with Gasteiger partial charge in [0.05, 0.1) is 12.1 Å². The number of para-hydroxylation sites is 1. The topological polar surface area (TPSA) is 61.7 Å². The number of rotatable bonds is 3. The van der Waals surface area contributed by atoms with Gasteiger partial charge in [-0.3, -0.25) is 4.79 Å². The second-order valence-corrected chi connectivity index (χ2v) is 6.36. The Morgan fingerprint density at radius 2 is 1.95 bits per heavy atom. The molecule has 5 heteroatoms. The van der Waals surface area contributed by atoms with E-state index in [-0.39, 0.29) is 11.7 Å². The number of benzene rings is 2. The molecule has 4 nitrogen and oxygen atoms in total. The first kappa shape index (κ1) is 14.7. The maximum Gasteiger partial charge on any atom is 0.304 e. The van der Waals surface area contributed by atoms with E-state index in [1.807, 2.05) is 55.5 Å². The summed E-state index contributed by atoms with van der Waals surface area (Å²) < 4.78 is 0. The van der Waals surface area contributed by atoms with Gasteiger partial charge in [-0.2, -0.15) is 0 Å². The molecular formula is C17H16N2O2S.